The second kappa shape index (κ2) is 13.8. The van der Waals surface area contributed by atoms with Crippen LogP contribution in [-0.2, 0) is 0 Å². The summed E-state index contributed by atoms with van der Waals surface area (Å²) in [5, 5.41) is 0. The molecule has 0 fully saturated rings. The fraction of sp³-hybridized carbons (Fsp3) is 0.208. The molecule has 0 aliphatic heterocycles. The lowest BCUT2D eigenvalue weighted by atomic mass is 9.75. The molecule has 1 heteroatoms. The van der Waals surface area contributed by atoms with Crippen molar-refractivity contribution in [3.05, 3.63) is 209 Å². The van der Waals surface area contributed by atoms with E-state index in [-0.39, 0.29) is 11.3 Å². The third kappa shape index (κ3) is 6.27. The maximum absolute atomic E-state index is 4.76. The molecule has 0 saturated carbocycles. The van der Waals surface area contributed by atoms with Crippen molar-refractivity contribution >= 4 is 16.8 Å². The molecule has 2 aromatic rings. The predicted molar refractivity (Wildman–Crippen MR) is 211 cm³/mol. The topological polar surface area (TPSA) is 3.24 Å². The van der Waals surface area contributed by atoms with Crippen LogP contribution in [0.1, 0.15) is 58.1 Å². The highest BCUT2D eigenvalue weighted by Crippen LogP contribution is 2.58. The molecule has 1 atom stereocenters. The smallest absolute Gasteiger partial charge is 0.0533 e. The third-order valence-electron chi connectivity index (χ3n) is 10.5. The van der Waals surface area contributed by atoms with Gasteiger partial charge in [0.05, 0.1) is 5.69 Å². The molecule has 7 rings (SSSR count). The predicted octanol–water partition coefficient (Wildman–Crippen LogP) is 12.8. The van der Waals surface area contributed by atoms with Gasteiger partial charge in [-0.25, -0.2) is 0 Å². The van der Waals surface area contributed by atoms with Crippen LogP contribution in [0.2, 0.25) is 0 Å². The van der Waals surface area contributed by atoms with Gasteiger partial charge in [0.15, 0.2) is 0 Å². The summed E-state index contributed by atoms with van der Waals surface area (Å²) in [5.41, 5.74) is 15.4. The second-order valence-corrected chi connectivity index (χ2v) is 14.0. The largest absolute Gasteiger partial charge is 0.316 e. The number of anilines is 1. The molecule has 244 valence electrons. The Morgan fingerprint density at radius 1 is 0.878 bits per heavy atom. The zero-order valence-corrected chi connectivity index (χ0v) is 29.4. The van der Waals surface area contributed by atoms with E-state index in [1.807, 2.05) is 0 Å². The Morgan fingerprint density at radius 2 is 1.61 bits per heavy atom. The van der Waals surface area contributed by atoms with Gasteiger partial charge in [-0.2, -0.15) is 0 Å². The summed E-state index contributed by atoms with van der Waals surface area (Å²) < 4.78 is 0. The first-order chi connectivity index (χ1) is 23.9. The average molecular weight is 638 g/mol. The number of nitrogens with zero attached hydrogens (tertiary/aromatic N) is 1. The Bertz CT molecular complexity index is 2020. The van der Waals surface area contributed by atoms with Crippen LogP contribution in [0.15, 0.2) is 198 Å². The summed E-state index contributed by atoms with van der Waals surface area (Å²) in [4.78, 5) is 2.42. The summed E-state index contributed by atoms with van der Waals surface area (Å²) in [6.07, 6.45) is 39.4. The molecule has 1 unspecified atom stereocenters. The highest BCUT2D eigenvalue weighted by atomic mass is 15.1. The minimum Gasteiger partial charge on any atom is -0.316 e. The highest BCUT2D eigenvalue weighted by molar-refractivity contribution is 5.86. The lowest BCUT2D eigenvalue weighted by Crippen LogP contribution is -2.19. The van der Waals surface area contributed by atoms with Crippen molar-refractivity contribution in [3.63, 3.8) is 0 Å². The minimum atomic E-state index is -0.109. The van der Waals surface area contributed by atoms with Crippen LogP contribution in [-0.4, -0.2) is 0 Å². The van der Waals surface area contributed by atoms with Crippen LogP contribution in [0.3, 0.4) is 0 Å². The van der Waals surface area contributed by atoms with Crippen molar-refractivity contribution in [3.8, 4) is 0 Å². The molecule has 5 aliphatic rings. The van der Waals surface area contributed by atoms with Crippen molar-refractivity contribution in [2.24, 2.45) is 17.3 Å². The molecular formula is C48H47N. The Hall–Kier alpha value is -5.14. The van der Waals surface area contributed by atoms with Gasteiger partial charge < -0.3 is 4.90 Å². The van der Waals surface area contributed by atoms with E-state index in [9.17, 15) is 0 Å². The summed E-state index contributed by atoms with van der Waals surface area (Å²) in [5.74, 6) is 0.717. The number of para-hydroxylation sites is 1. The molecule has 1 nitrogen and oxygen atoms in total. The van der Waals surface area contributed by atoms with Gasteiger partial charge in [0.1, 0.15) is 0 Å². The average Bonchev–Trinajstić information content (AvgIpc) is 3.89. The van der Waals surface area contributed by atoms with Crippen molar-refractivity contribution in [1.29, 1.82) is 0 Å². The van der Waals surface area contributed by atoms with E-state index in [0.29, 0.717) is 5.92 Å². The molecule has 0 saturated heterocycles. The molecule has 49 heavy (non-hydrogen) atoms. The molecule has 0 bridgehead atoms. The van der Waals surface area contributed by atoms with Gasteiger partial charge in [-0.1, -0.05) is 148 Å². The zero-order chi connectivity index (χ0) is 34.0. The summed E-state index contributed by atoms with van der Waals surface area (Å²) in [7, 11) is 0. The van der Waals surface area contributed by atoms with Gasteiger partial charge in [-0.05, 0) is 107 Å². The van der Waals surface area contributed by atoms with Gasteiger partial charge in [0.25, 0.3) is 0 Å². The van der Waals surface area contributed by atoms with Crippen molar-refractivity contribution in [1.82, 2.24) is 0 Å². The number of allylic oxidation sites excluding steroid dienone is 23. The van der Waals surface area contributed by atoms with Crippen LogP contribution in [0.5, 0.6) is 0 Å². The standard InChI is InChI=1S/C48H47N/c1-6-17-38(29-35-21-15-22-35)42-26-13-14-28-46(42)49(41(18-7-2)30-36-19-11-12-20-36)33-39-25-16-27-43(39)47-34(3)44-31-40(32-45(44)48(47,4)5)37-23-9-8-10-24-37/h6-21,23-26,28-31,33,35-36H,3,22,27,32H2,1-2,4-5H3/b17-6-,18-7-,38-29+,39-33+,41-30+,47-43+. The monoisotopic (exact) mass is 637 g/mol. The number of benzene rings is 2. The number of rotatable bonds is 9. The summed E-state index contributed by atoms with van der Waals surface area (Å²) >= 11 is 0. The van der Waals surface area contributed by atoms with E-state index in [1.54, 1.807) is 0 Å². The fourth-order valence-corrected chi connectivity index (χ4v) is 7.93. The van der Waals surface area contributed by atoms with Crippen LogP contribution in [0.25, 0.3) is 11.1 Å². The Labute approximate surface area is 293 Å². The zero-order valence-electron chi connectivity index (χ0n) is 29.4. The van der Waals surface area contributed by atoms with E-state index in [1.165, 1.54) is 61.4 Å². The lowest BCUT2D eigenvalue weighted by molar-refractivity contribution is 0.551. The molecule has 2 aromatic carbocycles. The second-order valence-electron chi connectivity index (χ2n) is 14.0. The van der Waals surface area contributed by atoms with Crippen LogP contribution < -0.4 is 4.90 Å². The summed E-state index contributed by atoms with van der Waals surface area (Å²) in [6.45, 7) is 13.8. The molecule has 0 amide bonds. The first-order valence-corrected chi connectivity index (χ1v) is 17.8. The van der Waals surface area contributed by atoms with Gasteiger partial charge in [-0.3, -0.25) is 0 Å². The lowest BCUT2D eigenvalue weighted by Gasteiger charge is -2.30. The number of hydrogen-bond donors (Lipinski definition) is 0. The van der Waals surface area contributed by atoms with Gasteiger partial charge >= 0.3 is 0 Å². The molecule has 0 spiro atoms. The van der Waals surface area contributed by atoms with Crippen molar-refractivity contribution in [2.75, 3.05) is 4.90 Å². The van der Waals surface area contributed by atoms with Crippen molar-refractivity contribution < 1.29 is 0 Å². The van der Waals surface area contributed by atoms with Crippen molar-refractivity contribution in [2.45, 2.75) is 47.0 Å². The van der Waals surface area contributed by atoms with Gasteiger partial charge in [-0.15, -0.1) is 0 Å². The van der Waals surface area contributed by atoms with E-state index in [4.69, 9.17) is 6.58 Å². The molecule has 0 aromatic heterocycles. The van der Waals surface area contributed by atoms with E-state index in [0.717, 1.165) is 25.0 Å². The molecule has 0 N–H and O–H groups in total. The van der Waals surface area contributed by atoms with E-state index < -0.39 is 0 Å². The van der Waals surface area contributed by atoms with Crippen LogP contribution >= 0.6 is 0 Å². The molecule has 0 radical (unpaired) electrons. The molecule has 5 aliphatic carbocycles. The summed E-state index contributed by atoms with van der Waals surface area (Å²) in [6, 6.07) is 19.7. The molecular weight excluding hydrogens is 591 g/mol. The van der Waals surface area contributed by atoms with Crippen LogP contribution in [0.4, 0.5) is 5.69 Å². The SMILES string of the molecule is C=C1C2=C(CC(c3ccccc3)=C2)C(C)(C)/C1=C1\CC=C\C1=C/N(C(/C=C\C)=C/C1C=CC=C1)c1ccccc1C(/C=C\C)=C/C1C=CC1. The third-order valence-corrected chi connectivity index (χ3v) is 10.5. The highest BCUT2D eigenvalue weighted by Gasteiger charge is 2.43. The minimum absolute atomic E-state index is 0.109. The quantitative estimate of drug-likeness (QED) is 0.195. The van der Waals surface area contributed by atoms with E-state index in [2.05, 4.69) is 185 Å². The van der Waals surface area contributed by atoms with Gasteiger partial charge in [0.2, 0.25) is 0 Å². The first kappa shape index (κ1) is 32.4. The maximum atomic E-state index is 4.76. The van der Waals surface area contributed by atoms with Crippen LogP contribution in [0, 0.1) is 17.3 Å². The Kier molecular flexibility index (Phi) is 9.11. The Balaban J connectivity index is 1.36. The molecule has 0 heterocycles. The van der Waals surface area contributed by atoms with E-state index >= 15 is 0 Å². The maximum Gasteiger partial charge on any atom is 0.0533 e. The first-order valence-electron chi connectivity index (χ1n) is 17.8. The number of hydrogen-bond acceptors (Lipinski definition) is 1. The normalized spacial score (nSPS) is 24.0. The fourth-order valence-electron chi connectivity index (χ4n) is 7.93. The van der Waals surface area contributed by atoms with Gasteiger partial charge in [0, 0.05) is 28.8 Å². The Morgan fingerprint density at radius 3 is 2.31 bits per heavy atom.